The molecule has 18 heavy (non-hydrogen) atoms. The maximum absolute atomic E-state index is 12.4. The second kappa shape index (κ2) is 4.97. The summed E-state index contributed by atoms with van der Waals surface area (Å²) in [6.07, 6.45) is 5.17. The number of carbonyl (C=O) groups is 1. The first-order valence-corrected chi connectivity index (χ1v) is 7.18. The molecule has 2 fully saturated rings. The quantitative estimate of drug-likeness (QED) is 0.860. The number of hydrogen-bond donors (Lipinski definition) is 1. The van der Waals surface area contributed by atoms with Crippen LogP contribution in [-0.2, 0) is 0 Å². The van der Waals surface area contributed by atoms with Crippen molar-refractivity contribution in [1.82, 2.24) is 15.2 Å². The molecular weight excluding hydrogens is 294 g/mol. The molecule has 2 saturated heterocycles. The van der Waals surface area contributed by atoms with Gasteiger partial charge in [-0.15, -0.1) is 0 Å². The zero-order chi connectivity index (χ0) is 12.5. The van der Waals surface area contributed by atoms with Crippen LogP contribution in [0.3, 0.4) is 0 Å². The molecule has 96 valence electrons. The van der Waals surface area contributed by atoms with Crippen molar-refractivity contribution in [3.63, 3.8) is 0 Å². The summed E-state index contributed by atoms with van der Waals surface area (Å²) < 4.78 is 0.899. The van der Waals surface area contributed by atoms with Gasteiger partial charge in [-0.25, -0.2) is 4.98 Å². The summed E-state index contributed by atoms with van der Waals surface area (Å²) in [5.41, 5.74) is 0.538. The molecule has 1 N–H and O–H groups in total. The Morgan fingerprint density at radius 3 is 2.94 bits per heavy atom. The van der Waals surface area contributed by atoms with Crippen molar-refractivity contribution < 1.29 is 4.79 Å². The van der Waals surface area contributed by atoms with E-state index >= 15 is 0 Å². The van der Waals surface area contributed by atoms with E-state index in [-0.39, 0.29) is 5.91 Å². The van der Waals surface area contributed by atoms with Gasteiger partial charge in [-0.2, -0.15) is 0 Å². The zero-order valence-electron chi connectivity index (χ0n) is 10.1. The smallest absolute Gasteiger partial charge is 0.272 e. The number of nitrogens with zero attached hydrogens (tertiary/aromatic N) is 2. The number of hydrogen-bond acceptors (Lipinski definition) is 3. The number of rotatable bonds is 1. The standard InChI is InChI=1S/C13H16BrN3O/c14-9-1-4-12(15-7-9)13(18)17-6-5-10-2-3-11(8-17)16-10/h1,4,7,10-11,16H,2-3,5-6,8H2. The highest BCUT2D eigenvalue weighted by Crippen LogP contribution is 2.21. The van der Waals surface area contributed by atoms with E-state index in [0.29, 0.717) is 17.8 Å². The lowest BCUT2D eigenvalue weighted by Gasteiger charge is -2.23. The van der Waals surface area contributed by atoms with E-state index in [2.05, 4.69) is 26.2 Å². The summed E-state index contributed by atoms with van der Waals surface area (Å²) in [6, 6.07) is 4.72. The number of fused-ring (bicyclic) bond motifs is 2. The van der Waals surface area contributed by atoms with Gasteiger partial charge in [-0.1, -0.05) is 0 Å². The van der Waals surface area contributed by atoms with Gasteiger partial charge in [-0.3, -0.25) is 4.79 Å². The van der Waals surface area contributed by atoms with E-state index in [1.807, 2.05) is 11.0 Å². The Morgan fingerprint density at radius 1 is 1.33 bits per heavy atom. The van der Waals surface area contributed by atoms with Crippen LogP contribution in [0.15, 0.2) is 22.8 Å². The molecule has 1 aromatic rings. The van der Waals surface area contributed by atoms with Crippen LogP contribution in [0, 0.1) is 0 Å². The Bertz CT molecular complexity index is 448. The lowest BCUT2D eigenvalue weighted by molar-refractivity contribution is 0.0742. The SMILES string of the molecule is O=C(c1ccc(Br)cn1)N1CCC2CCC(C1)N2. The van der Waals surface area contributed by atoms with Gasteiger partial charge in [0.05, 0.1) is 0 Å². The number of halogens is 1. The molecule has 3 heterocycles. The average molecular weight is 310 g/mol. The second-order valence-corrected chi connectivity index (χ2v) is 5.96. The van der Waals surface area contributed by atoms with Crippen molar-refractivity contribution in [2.45, 2.75) is 31.3 Å². The topological polar surface area (TPSA) is 45.2 Å². The van der Waals surface area contributed by atoms with Crippen LogP contribution >= 0.6 is 15.9 Å². The maximum atomic E-state index is 12.4. The molecule has 2 aliphatic heterocycles. The summed E-state index contributed by atoms with van der Waals surface area (Å²) in [4.78, 5) is 18.5. The monoisotopic (exact) mass is 309 g/mol. The summed E-state index contributed by atoms with van der Waals surface area (Å²) >= 11 is 3.33. The zero-order valence-corrected chi connectivity index (χ0v) is 11.7. The molecule has 1 aromatic heterocycles. The molecule has 2 unspecified atom stereocenters. The summed E-state index contributed by atoms with van der Waals surface area (Å²) in [5.74, 6) is 0.0526. The lowest BCUT2D eigenvalue weighted by Crippen LogP contribution is -2.39. The Balaban J connectivity index is 1.74. The third-order valence-electron chi connectivity index (χ3n) is 3.76. The van der Waals surface area contributed by atoms with Crippen molar-refractivity contribution in [3.8, 4) is 0 Å². The van der Waals surface area contributed by atoms with Crippen LogP contribution in [0.2, 0.25) is 0 Å². The molecule has 0 radical (unpaired) electrons. The number of pyridine rings is 1. The van der Waals surface area contributed by atoms with Crippen molar-refractivity contribution in [3.05, 3.63) is 28.5 Å². The first kappa shape index (κ1) is 12.1. The van der Waals surface area contributed by atoms with Gasteiger partial charge < -0.3 is 10.2 Å². The van der Waals surface area contributed by atoms with Crippen molar-refractivity contribution >= 4 is 21.8 Å². The summed E-state index contributed by atoms with van der Waals surface area (Å²) in [6.45, 7) is 1.65. The molecular formula is C13H16BrN3O. The first-order chi connectivity index (χ1) is 8.72. The predicted molar refractivity (Wildman–Crippen MR) is 72.4 cm³/mol. The Kier molecular flexibility index (Phi) is 3.35. The maximum Gasteiger partial charge on any atom is 0.272 e. The Morgan fingerprint density at radius 2 is 2.17 bits per heavy atom. The molecule has 0 aliphatic carbocycles. The van der Waals surface area contributed by atoms with Crippen LogP contribution in [0.4, 0.5) is 0 Å². The molecule has 4 nitrogen and oxygen atoms in total. The van der Waals surface area contributed by atoms with Crippen LogP contribution in [-0.4, -0.2) is 41.0 Å². The fourth-order valence-electron chi connectivity index (χ4n) is 2.79. The summed E-state index contributed by atoms with van der Waals surface area (Å²) in [7, 11) is 0. The van der Waals surface area contributed by atoms with Gasteiger partial charge in [0.2, 0.25) is 0 Å². The highest BCUT2D eigenvalue weighted by atomic mass is 79.9. The third kappa shape index (κ3) is 2.42. The highest BCUT2D eigenvalue weighted by Gasteiger charge is 2.31. The van der Waals surface area contributed by atoms with E-state index in [0.717, 1.165) is 24.0 Å². The minimum absolute atomic E-state index is 0.0526. The van der Waals surface area contributed by atoms with Crippen molar-refractivity contribution in [2.75, 3.05) is 13.1 Å². The molecule has 1 amide bonds. The Labute approximate surface area is 115 Å². The fourth-order valence-corrected chi connectivity index (χ4v) is 3.03. The highest BCUT2D eigenvalue weighted by molar-refractivity contribution is 9.10. The number of nitrogens with one attached hydrogen (secondary N) is 1. The van der Waals surface area contributed by atoms with Gasteiger partial charge in [0.25, 0.3) is 5.91 Å². The Hall–Kier alpha value is -0.940. The van der Waals surface area contributed by atoms with Crippen LogP contribution in [0.1, 0.15) is 29.8 Å². The minimum Gasteiger partial charge on any atom is -0.336 e. The normalized spacial score (nSPS) is 27.1. The van der Waals surface area contributed by atoms with E-state index in [4.69, 9.17) is 0 Å². The fraction of sp³-hybridized carbons (Fsp3) is 0.538. The molecule has 2 aliphatic rings. The molecule has 0 aromatic carbocycles. The number of aromatic nitrogens is 1. The third-order valence-corrected chi connectivity index (χ3v) is 4.23. The number of amides is 1. The van der Waals surface area contributed by atoms with Crippen LogP contribution in [0.25, 0.3) is 0 Å². The molecule has 5 heteroatoms. The van der Waals surface area contributed by atoms with Gasteiger partial charge in [0, 0.05) is 35.8 Å². The van der Waals surface area contributed by atoms with Crippen LogP contribution < -0.4 is 5.32 Å². The van der Waals surface area contributed by atoms with Crippen molar-refractivity contribution in [1.29, 1.82) is 0 Å². The second-order valence-electron chi connectivity index (χ2n) is 5.04. The number of carbonyl (C=O) groups excluding carboxylic acids is 1. The first-order valence-electron chi connectivity index (χ1n) is 6.39. The van der Waals surface area contributed by atoms with Gasteiger partial charge in [0.15, 0.2) is 0 Å². The largest absolute Gasteiger partial charge is 0.336 e. The molecule has 3 rings (SSSR count). The molecule has 0 saturated carbocycles. The predicted octanol–water partition coefficient (Wildman–Crippen LogP) is 1.81. The van der Waals surface area contributed by atoms with Crippen molar-refractivity contribution in [2.24, 2.45) is 0 Å². The van der Waals surface area contributed by atoms with Gasteiger partial charge >= 0.3 is 0 Å². The van der Waals surface area contributed by atoms with Crippen LogP contribution in [0.5, 0.6) is 0 Å². The molecule has 0 spiro atoms. The van der Waals surface area contributed by atoms with E-state index in [9.17, 15) is 4.79 Å². The number of likely N-dealkylation sites (tertiary alicyclic amines) is 1. The lowest BCUT2D eigenvalue weighted by atomic mass is 10.1. The summed E-state index contributed by atoms with van der Waals surface area (Å²) in [5, 5.41) is 3.58. The average Bonchev–Trinajstić information content (AvgIpc) is 2.69. The van der Waals surface area contributed by atoms with E-state index in [1.54, 1.807) is 12.3 Å². The van der Waals surface area contributed by atoms with Gasteiger partial charge in [0.1, 0.15) is 5.69 Å². The minimum atomic E-state index is 0.0526. The van der Waals surface area contributed by atoms with E-state index < -0.39 is 0 Å². The van der Waals surface area contributed by atoms with E-state index in [1.165, 1.54) is 12.8 Å². The molecule has 2 bridgehead atoms. The molecule has 2 atom stereocenters. The van der Waals surface area contributed by atoms with Gasteiger partial charge in [-0.05, 0) is 47.3 Å².